The van der Waals surface area contributed by atoms with Gasteiger partial charge in [-0.1, -0.05) is 42.5 Å². The van der Waals surface area contributed by atoms with Crippen LogP contribution in [0.2, 0.25) is 0 Å². The Labute approximate surface area is 197 Å². The fourth-order valence-corrected chi connectivity index (χ4v) is 3.97. The van der Waals surface area contributed by atoms with Crippen LogP contribution in [0, 0.1) is 0 Å². The van der Waals surface area contributed by atoms with Crippen LogP contribution in [0.1, 0.15) is 54.0 Å². The van der Waals surface area contributed by atoms with E-state index in [1.54, 1.807) is 4.90 Å². The van der Waals surface area contributed by atoms with Gasteiger partial charge in [-0.25, -0.2) is 4.79 Å². The molecule has 1 amide bonds. The summed E-state index contributed by atoms with van der Waals surface area (Å²) in [4.78, 5) is 14.2. The SMILES string of the molecule is CC(C)(C)OC(=O)N1CC(Oc2ccc(B3OC(C)(C)C(C)(C)O3)cc2)(c2ccccc2)C1. The molecule has 0 N–H and O–H groups in total. The first-order chi connectivity index (χ1) is 15.3. The highest BCUT2D eigenvalue weighted by Gasteiger charge is 2.52. The van der Waals surface area contributed by atoms with Gasteiger partial charge in [0.1, 0.15) is 11.4 Å². The first-order valence-corrected chi connectivity index (χ1v) is 11.5. The van der Waals surface area contributed by atoms with Crippen molar-refractivity contribution in [1.29, 1.82) is 0 Å². The highest BCUT2D eigenvalue weighted by atomic mass is 16.7. The third-order valence-corrected chi connectivity index (χ3v) is 6.56. The largest absolute Gasteiger partial charge is 0.494 e. The maximum Gasteiger partial charge on any atom is 0.494 e. The van der Waals surface area contributed by atoms with Crippen LogP contribution < -0.4 is 10.2 Å². The topological polar surface area (TPSA) is 57.2 Å². The Kier molecular flexibility index (Phi) is 5.78. The molecule has 7 heteroatoms. The Balaban J connectivity index is 1.50. The molecule has 4 rings (SSSR count). The molecule has 0 aromatic heterocycles. The van der Waals surface area contributed by atoms with Crippen LogP contribution in [0.15, 0.2) is 54.6 Å². The van der Waals surface area contributed by atoms with Crippen LogP contribution >= 0.6 is 0 Å². The lowest BCUT2D eigenvalue weighted by Crippen LogP contribution is -2.64. The number of hydrogen-bond donors (Lipinski definition) is 0. The van der Waals surface area contributed by atoms with E-state index in [2.05, 4.69) is 0 Å². The monoisotopic (exact) mass is 451 g/mol. The van der Waals surface area contributed by atoms with Gasteiger partial charge in [0, 0.05) is 0 Å². The Bertz CT molecular complexity index is 976. The molecule has 2 saturated heterocycles. The highest BCUT2D eigenvalue weighted by Crippen LogP contribution is 2.39. The van der Waals surface area contributed by atoms with E-state index in [9.17, 15) is 4.79 Å². The van der Waals surface area contributed by atoms with Gasteiger partial charge < -0.3 is 18.8 Å². The minimum Gasteiger partial charge on any atom is -0.479 e. The average molecular weight is 451 g/mol. The summed E-state index contributed by atoms with van der Waals surface area (Å²) in [5, 5.41) is 0. The van der Waals surface area contributed by atoms with Crippen LogP contribution in [-0.4, -0.2) is 48.0 Å². The Morgan fingerprint density at radius 1 is 0.909 bits per heavy atom. The van der Waals surface area contributed by atoms with Gasteiger partial charge in [-0.2, -0.15) is 0 Å². The number of benzene rings is 2. The van der Waals surface area contributed by atoms with Crippen molar-refractivity contribution in [3.8, 4) is 5.75 Å². The summed E-state index contributed by atoms with van der Waals surface area (Å²) >= 11 is 0. The molecule has 2 aromatic carbocycles. The van der Waals surface area contributed by atoms with Gasteiger partial charge in [-0.15, -0.1) is 0 Å². The summed E-state index contributed by atoms with van der Waals surface area (Å²) in [5.74, 6) is 0.725. The highest BCUT2D eigenvalue weighted by molar-refractivity contribution is 6.62. The Hall–Kier alpha value is -2.51. The van der Waals surface area contributed by atoms with Gasteiger partial charge in [-0.05, 0) is 71.6 Å². The molecule has 2 fully saturated rings. The van der Waals surface area contributed by atoms with Crippen LogP contribution in [-0.2, 0) is 19.6 Å². The maximum absolute atomic E-state index is 12.5. The summed E-state index contributed by atoms with van der Waals surface area (Å²) in [7, 11) is -0.418. The quantitative estimate of drug-likeness (QED) is 0.641. The standard InChI is InChI=1S/C26H34BNO5/c1-23(2,3)31-22(29)28-17-26(18-28,19-11-9-8-10-12-19)30-21-15-13-20(14-16-21)27-32-24(4,5)25(6,7)33-27/h8-16H,17-18H2,1-7H3. The first-order valence-electron chi connectivity index (χ1n) is 11.5. The van der Waals surface area contributed by atoms with Crippen LogP contribution in [0.25, 0.3) is 0 Å². The predicted molar refractivity (Wildman–Crippen MR) is 129 cm³/mol. The van der Waals surface area contributed by atoms with Crippen molar-refractivity contribution >= 4 is 18.7 Å². The number of hydrogen-bond acceptors (Lipinski definition) is 5. The number of ether oxygens (including phenoxy) is 2. The lowest BCUT2D eigenvalue weighted by Gasteiger charge is -2.49. The second kappa shape index (κ2) is 8.06. The second-order valence-corrected chi connectivity index (χ2v) is 11.0. The molecule has 0 spiro atoms. The minimum absolute atomic E-state index is 0.325. The fourth-order valence-electron chi connectivity index (χ4n) is 3.97. The first kappa shape index (κ1) is 23.6. The van der Waals surface area contributed by atoms with E-state index in [1.807, 2.05) is 103 Å². The summed E-state index contributed by atoms with van der Waals surface area (Å²) < 4.78 is 24.3. The van der Waals surface area contributed by atoms with Crippen molar-refractivity contribution in [1.82, 2.24) is 4.90 Å². The number of amides is 1. The minimum atomic E-state index is -0.621. The van der Waals surface area contributed by atoms with E-state index >= 15 is 0 Å². The predicted octanol–water partition coefficient (Wildman–Crippen LogP) is 4.51. The molecule has 2 aromatic rings. The Morgan fingerprint density at radius 3 is 1.97 bits per heavy atom. The van der Waals surface area contributed by atoms with Crippen molar-refractivity contribution in [3.05, 3.63) is 60.2 Å². The van der Waals surface area contributed by atoms with E-state index in [4.69, 9.17) is 18.8 Å². The van der Waals surface area contributed by atoms with E-state index in [1.165, 1.54) is 0 Å². The fraction of sp³-hybridized carbons (Fsp3) is 0.500. The molecule has 0 radical (unpaired) electrons. The molecule has 0 atom stereocenters. The van der Waals surface area contributed by atoms with Crippen LogP contribution in [0.5, 0.6) is 5.75 Å². The number of likely N-dealkylation sites (tertiary alicyclic amines) is 1. The lowest BCUT2D eigenvalue weighted by atomic mass is 9.79. The summed E-state index contributed by atoms with van der Waals surface area (Å²) in [6.45, 7) is 14.6. The van der Waals surface area contributed by atoms with E-state index < -0.39 is 18.3 Å². The summed E-state index contributed by atoms with van der Waals surface area (Å²) in [5.41, 5.74) is 0.0392. The zero-order valence-electron chi connectivity index (χ0n) is 20.7. The molecule has 0 saturated carbocycles. The van der Waals surface area contributed by atoms with Gasteiger partial charge in [0.15, 0.2) is 5.60 Å². The van der Waals surface area contributed by atoms with Crippen molar-refractivity contribution in [2.24, 2.45) is 0 Å². The van der Waals surface area contributed by atoms with E-state index in [-0.39, 0.29) is 17.3 Å². The third-order valence-electron chi connectivity index (χ3n) is 6.56. The molecule has 176 valence electrons. The molecule has 2 aliphatic heterocycles. The van der Waals surface area contributed by atoms with Crippen molar-refractivity contribution in [2.75, 3.05) is 13.1 Å². The molecule has 2 aliphatic rings. The van der Waals surface area contributed by atoms with Gasteiger partial charge in [-0.3, -0.25) is 4.90 Å². The molecule has 0 unspecified atom stereocenters. The zero-order valence-corrected chi connectivity index (χ0v) is 20.7. The lowest BCUT2D eigenvalue weighted by molar-refractivity contribution is -0.0863. The maximum atomic E-state index is 12.5. The number of nitrogens with zero attached hydrogens (tertiary/aromatic N) is 1. The number of carbonyl (C=O) groups is 1. The van der Waals surface area contributed by atoms with E-state index in [0.29, 0.717) is 13.1 Å². The molecular weight excluding hydrogens is 417 g/mol. The molecular formula is C26H34BNO5. The second-order valence-electron chi connectivity index (χ2n) is 11.0. The molecule has 0 bridgehead atoms. The molecule has 0 aliphatic carbocycles. The average Bonchev–Trinajstić information content (AvgIpc) is 2.91. The van der Waals surface area contributed by atoms with Gasteiger partial charge in [0.2, 0.25) is 0 Å². The van der Waals surface area contributed by atoms with E-state index in [0.717, 1.165) is 16.8 Å². The molecule has 33 heavy (non-hydrogen) atoms. The van der Waals surface area contributed by atoms with Gasteiger partial charge in [0.25, 0.3) is 0 Å². The van der Waals surface area contributed by atoms with Crippen LogP contribution in [0.3, 0.4) is 0 Å². The molecule has 2 heterocycles. The van der Waals surface area contributed by atoms with Crippen LogP contribution in [0.4, 0.5) is 4.79 Å². The summed E-state index contributed by atoms with van der Waals surface area (Å²) in [6, 6.07) is 17.8. The third kappa shape index (κ3) is 4.75. The summed E-state index contributed by atoms with van der Waals surface area (Å²) in [6.07, 6.45) is -0.325. The Morgan fingerprint density at radius 2 is 1.45 bits per heavy atom. The zero-order chi connectivity index (χ0) is 24.1. The molecule has 6 nitrogen and oxygen atoms in total. The number of carbonyl (C=O) groups excluding carboxylic acids is 1. The van der Waals surface area contributed by atoms with Gasteiger partial charge in [0.05, 0.1) is 24.3 Å². The van der Waals surface area contributed by atoms with Crippen molar-refractivity contribution < 1.29 is 23.6 Å². The normalized spacial score (nSPS) is 20.8. The van der Waals surface area contributed by atoms with Crippen molar-refractivity contribution in [3.63, 3.8) is 0 Å². The van der Waals surface area contributed by atoms with Gasteiger partial charge >= 0.3 is 13.2 Å². The number of rotatable bonds is 4. The van der Waals surface area contributed by atoms with Crippen molar-refractivity contribution in [2.45, 2.75) is 70.9 Å². The smallest absolute Gasteiger partial charge is 0.479 e.